The number of para-hydroxylation sites is 2. The molecule has 0 saturated heterocycles. The minimum atomic E-state index is -1.05. The molecule has 0 radical (unpaired) electrons. The number of carboxylic acid groups (broad SMARTS) is 1. The second kappa shape index (κ2) is 10.3. The predicted octanol–water partition coefficient (Wildman–Crippen LogP) is 4.86. The Labute approximate surface area is 214 Å². The van der Waals surface area contributed by atoms with Gasteiger partial charge in [-0.15, -0.1) is 0 Å². The molecule has 0 unspecified atom stereocenters. The van der Waals surface area contributed by atoms with E-state index in [0.717, 1.165) is 17.0 Å². The van der Waals surface area contributed by atoms with Gasteiger partial charge in [-0.1, -0.05) is 30.3 Å². The van der Waals surface area contributed by atoms with E-state index < -0.39 is 12.0 Å². The maximum absolute atomic E-state index is 13.9. The van der Waals surface area contributed by atoms with Crippen LogP contribution in [0.2, 0.25) is 0 Å². The Morgan fingerprint density at radius 2 is 1.81 bits per heavy atom. The molecule has 0 bridgehead atoms. The number of methoxy groups -OCH3 is 1. The van der Waals surface area contributed by atoms with Gasteiger partial charge in [-0.05, 0) is 53.8 Å². The fraction of sp³-hybridized carbons (Fsp3) is 0.241. The molecule has 3 aromatic rings. The number of ether oxygens (including phenoxy) is 1. The molecule has 2 aliphatic rings. The summed E-state index contributed by atoms with van der Waals surface area (Å²) in [6, 6.07) is 18.0. The van der Waals surface area contributed by atoms with Crippen LogP contribution in [0.5, 0.6) is 5.75 Å². The van der Waals surface area contributed by atoms with E-state index in [1.165, 1.54) is 0 Å². The van der Waals surface area contributed by atoms with E-state index in [4.69, 9.17) is 4.74 Å². The van der Waals surface area contributed by atoms with E-state index in [1.807, 2.05) is 54.6 Å². The molecule has 37 heavy (non-hydrogen) atoms. The number of carbonyl (C=O) groups excluding carboxylic acids is 2. The first-order chi connectivity index (χ1) is 18.0. The molecule has 0 spiro atoms. The number of carboxylic acids is 1. The number of rotatable bonds is 6. The number of benzene rings is 2. The number of carbonyl (C=O) groups is 3. The van der Waals surface area contributed by atoms with Crippen molar-refractivity contribution in [2.24, 2.45) is 0 Å². The molecule has 1 amide bonds. The van der Waals surface area contributed by atoms with Gasteiger partial charge in [0.15, 0.2) is 5.78 Å². The number of aliphatic carboxylic acids is 1. The van der Waals surface area contributed by atoms with E-state index in [0.29, 0.717) is 28.9 Å². The van der Waals surface area contributed by atoms with Crippen molar-refractivity contribution in [3.05, 3.63) is 95.5 Å². The summed E-state index contributed by atoms with van der Waals surface area (Å²) in [6.07, 6.45) is 3.67. The summed E-state index contributed by atoms with van der Waals surface area (Å²) in [4.78, 5) is 44.6. The van der Waals surface area contributed by atoms with Crippen molar-refractivity contribution in [3.63, 3.8) is 0 Å². The highest BCUT2D eigenvalue weighted by Crippen LogP contribution is 2.47. The van der Waals surface area contributed by atoms with Crippen molar-refractivity contribution in [1.29, 1.82) is 0 Å². The number of allylic oxidation sites excluding steroid dienone is 1. The van der Waals surface area contributed by atoms with Crippen LogP contribution in [0.25, 0.3) is 0 Å². The van der Waals surface area contributed by atoms with E-state index in [1.54, 1.807) is 30.5 Å². The second-order valence-corrected chi connectivity index (χ2v) is 9.18. The Morgan fingerprint density at radius 3 is 2.51 bits per heavy atom. The molecule has 2 N–H and O–H groups in total. The molecule has 1 aliphatic carbocycles. The van der Waals surface area contributed by atoms with Crippen molar-refractivity contribution in [3.8, 4) is 5.75 Å². The first-order valence-electron chi connectivity index (χ1n) is 12.2. The Bertz CT molecular complexity index is 1370. The lowest BCUT2D eigenvalue weighted by molar-refractivity contribution is -0.138. The number of fused-ring (bicyclic) bond motifs is 1. The number of amides is 1. The Hall–Kier alpha value is -4.46. The summed E-state index contributed by atoms with van der Waals surface area (Å²) < 4.78 is 5.28. The zero-order chi connectivity index (χ0) is 25.9. The number of ketones is 1. The number of pyridine rings is 1. The predicted molar refractivity (Wildman–Crippen MR) is 138 cm³/mol. The molecule has 2 heterocycles. The molecule has 0 fully saturated rings. The van der Waals surface area contributed by atoms with E-state index in [-0.39, 0.29) is 36.9 Å². The van der Waals surface area contributed by atoms with Gasteiger partial charge in [-0.25, -0.2) is 0 Å². The lowest BCUT2D eigenvalue weighted by Crippen LogP contribution is -2.38. The van der Waals surface area contributed by atoms with Gasteiger partial charge in [-0.3, -0.25) is 24.3 Å². The fourth-order valence-corrected chi connectivity index (χ4v) is 5.16. The first-order valence-corrected chi connectivity index (χ1v) is 12.2. The van der Waals surface area contributed by atoms with Crippen molar-refractivity contribution in [2.45, 2.75) is 37.6 Å². The third-order valence-electron chi connectivity index (χ3n) is 6.90. The summed E-state index contributed by atoms with van der Waals surface area (Å²) >= 11 is 0. The van der Waals surface area contributed by atoms with Gasteiger partial charge < -0.3 is 15.2 Å². The van der Waals surface area contributed by atoms with Gasteiger partial charge in [-0.2, -0.15) is 0 Å². The number of hydrogen-bond donors (Lipinski definition) is 2. The van der Waals surface area contributed by atoms with E-state index >= 15 is 0 Å². The normalized spacial score (nSPS) is 18.8. The van der Waals surface area contributed by atoms with Crippen LogP contribution in [0, 0.1) is 0 Å². The van der Waals surface area contributed by atoms with Crippen molar-refractivity contribution < 1.29 is 24.2 Å². The molecule has 2 aromatic carbocycles. The van der Waals surface area contributed by atoms with Crippen molar-refractivity contribution >= 4 is 29.0 Å². The molecule has 2 atom stereocenters. The summed E-state index contributed by atoms with van der Waals surface area (Å²) in [5, 5.41) is 12.7. The standard InChI is InChI=1S/C29H27N3O5/c1-37-21-10-8-18(9-11-21)20-15-23-28(25(33)16-20)29(19-5-4-14-30-17-19)32(26(34)12-13-27(35)36)24-7-3-2-6-22(24)31-23/h2-11,14,17,20,29,31H,12-13,15-16H2,1H3,(H,35,36)/t20-,29+/m0/s1. The fourth-order valence-electron chi connectivity index (χ4n) is 5.16. The number of Topliss-reactive ketones (excluding diaryl/α,β-unsaturated/α-hetero) is 1. The topological polar surface area (TPSA) is 109 Å². The third kappa shape index (κ3) is 4.82. The summed E-state index contributed by atoms with van der Waals surface area (Å²) in [5.41, 5.74) is 4.27. The van der Waals surface area contributed by atoms with Gasteiger partial charge >= 0.3 is 5.97 Å². The van der Waals surface area contributed by atoms with Gasteiger partial charge in [0.1, 0.15) is 5.75 Å². The van der Waals surface area contributed by atoms with Crippen LogP contribution in [0.15, 0.2) is 84.3 Å². The number of nitrogens with one attached hydrogen (secondary N) is 1. The Balaban J connectivity index is 1.64. The smallest absolute Gasteiger partial charge is 0.303 e. The first kappa shape index (κ1) is 24.2. The van der Waals surface area contributed by atoms with E-state index in [2.05, 4.69) is 10.3 Å². The highest BCUT2D eigenvalue weighted by Gasteiger charge is 2.41. The average molecular weight is 498 g/mol. The maximum atomic E-state index is 13.9. The second-order valence-electron chi connectivity index (χ2n) is 9.18. The van der Waals surface area contributed by atoms with Crippen LogP contribution in [0.4, 0.5) is 11.4 Å². The highest BCUT2D eigenvalue weighted by atomic mass is 16.5. The zero-order valence-corrected chi connectivity index (χ0v) is 20.4. The van der Waals surface area contributed by atoms with Crippen LogP contribution in [-0.4, -0.2) is 34.9 Å². The number of aromatic nitrogens is 1. The minimum Gasteiger partial charge on any atom is -0.497 e. The number of hydrogen-bond acceptors (Lipinski definition) is 6. The van der Waals surface area contributed by atoms with E-state index in [9.17, 15) is 19.5 Å². The van der Waals surface area contributed by atoms with Gasteiger partial charge in [0.25, 0.3) is 0 Å². The largest absolute Gasteiger partial charge is 0.497 e. The van der Waals surface area contributed by atoms with Crippen LogP contribution in [0.3, 0.4) is 0 Å². The number of nitrogens with zero attached hydrogens (tertiary/aromatic N) is 2. The Morgan fingerprint density at radius 1 is 1.03 bits per heavy atom. The molecule has 1 aromatic heterocycles. The minimum absolute atomic E-state index is 0.0411. The molecule has 0 saturated carbocycles. The van der Waals surface area contributed by atoms with Crippen LogP contribution in [-0.2, 0) is 14.4 Å². The van der Waals surface area contributed by atoms with Crippen LogP contribution < -0.4 is 15.0 Å². The third-order valence-corrected chi connectivity index (χ3v) is 6.90. The molecule has 5 rings (SSSR count). The molecular weight excluding hydrogens is 470 g/mol. The zero-order valence-electron chi connectivity index (χ0n) is 20.4. The van der Waals surface area contributed by atoms with Crippen molar-refractivity contribution in [2.75, 3.05) is 17.3 Å². The molecule has 8 heteroatoms. The molecule has 188 valence electrons. The summed E-state index contributed by atoms with van der Waals surface area (Å²) in [5.74, 6) is -0.778. The van der Waals surface area contributed by atoms with Crippen molar-refractivity contribution in [1.82, 2.24) is 4.98 Å². The van der Waals surface area contributed by atoms with Crippen LogP contribution >= 0.6 is 0 Å². The van der Waals surface area contributed by atoms with Gasteiger partial charge in [0, 0.05) is 36.5 Å². The SMILES string of the molecule is COc1ccc([C@@H]2CC(=O)C3=C(C2)Nc2ccccc2N(C(=O)CCC(=O)O)[C@@H]3c2cccnc2)cc1. The maximum Gasteiger partial charge on any atom is 0.303 e. The quantitative estimate of drug-likeness (QED) is 0.501. The number of anilines is 2. The summed E-state index contributed by atoms with van der Waals surface area (Å²) in [6.45, 7) is 0. The highest BCUT2D eigenvalue weighted by molar-refractivity contribution is 6.06. The average Bonchev–Trinajstić information content (AvgIpc) is 3.07. The van der Waals surface area contributed by atoms with Crippen LogP contribution in [0.1, 0.15) is 48.8 Å². The lowest BCUT2D eigenvalue weighted by Gasteiger charge is -2.35. The summed E-state index contributed by atoms with van der Waals surface area (Å²) in [7, 11) is 1.62. The van der Waals surface area contributed by atoms with Gasteiger partial charge in [0.05, 0.1) is 30.9 Å². The van der Waals surface area contributed by atoms with Gasteiger partial charge in [0.2, 0.25) is 5.91 Å². The monoisotopic (exact) mass is 497 g/mol. The molecular formula is C29H27N3O5. The molecule has 8 nitrogen and oxygen atoms in total. The molecule has 1 aliphatic heterocycles. The Kier molecular flexibility index (Phi) is 6.72. The lowest BCUT2D eigenvalue weighted by atomic mass is 9.78.